The Morgan fingerprint density at radius 2 is 1.71 bits per heavy atom. The van der Waals surface area contributed by atoms with Crippen molar-refractivity contribution in [3.05, 3.63) is 59.2 Å². The Labute approximate surface area is 125 Å². The molecule has 0 aliphatic heterocycles. The molecule has 3 heteroatoms. The normalized spacial score (nSPS) is 10.5. The molecule has 0 bridgehead atoms. The fourth-order valence-electron chi connectivity index (χ4n) is 1.93. The lowest BCUT2D eigenvalue weighted by Crippen LogP contribution is -2.13. The summed E-state index contributed by atoms with van der Waals surface area (Å²) in [5.74, 6) is 0.679. The van der Waals surface area contributed by atoms with Crippen molar-refractivity contribution < 1.29 is 14.3 Å². The first-order valence-corrected chi connectivity index (χ1v) is 7.02. The molecule has 0 radical (unpaired) electrons. The molecule has 2 rings (SSSR count). The Hall–Kier alpha value is -2.29. The Kier molecular flexibility index (Phi) is 4.63. The molecule has 0 heterocycles. The summed E-state index contributed by atoms with van der Waals surface area (Å²) in [7, 11) is 0. The highest BCUT2D eigenvalue weighted by Gasteiger charge is 2.15. The third-order valence-corrected chi connectivity index (χ3v) is 3.16. The Balaban J connectivity index is 2.22. The van der Waals surface area contributed by atoms with Crippen molar-refractivity contribution in [2.75, 3.05) is 0 Å². The number of aryl methyl sites for hydroxylation is 2. The highest BCUT2D eigenvalue weighted by molar-refractivity contribution is 5.94. The number of para-hydroxylation sites is 1. The van der Waals surface area contributed by atoms with E-state index in [1.165, 1.54) is 5.56 Å². The van der Waals surface area contributed by atoms with Crippen LogP contribution in [0.1, 0.15) is 35.3 Å². The van der Waals surface area contributed by atoms with Gasteiger partial charge in [-0.25, -0.2) is 4.79 Å². The molecule has 0 aliphatic rings. The van der Waals surface area contributed by atoms with Gasteiger partial charge in [0.2, 0.25) is 0 Å². The van der Waals surface area contributed by atoms with E-state index in [9.17, 15) is 4.79 Å². The van der Waals surface area contributed by atoms with Crippen LogP contribution in [0.2, 0.25) is 0 Å². The van der Waals surface area contributed by atoms with Crippen molar-refractivity contribution >= 4 is 5.97 Å². The van der Waals surface area contributed by atoms with Crippen LogP contribution >= 0.6 is 0 Å². The van der Waals surface area contributed by atoms with Gasteiger partial charge in [-0.05, 0) is 63.1 Å². The van der Waals surface area contributed by atoms with E-state index in [1.54, 1.807) is 24.3 Å². The molecule has 0 aliphatic carbocycles. The van der Waals surface area contributed by atoms with Gasteiger partial charge in [0.05, 0.1) is 6.10 Å². The van der Waals surface area contributed by atoms with Crippen LogP contribution in [0.4, 0.5) is 0 Å². The minimum absolute atomic E-state index is 0.000527. The number of ether oxygens (including phenoxy) is 2. The molecule has 3 nitrogen and oxygen atoms in total. The third-order valence-electron chi connectivity index (χ3n) is 3.16. The zero-order valence-electron chi connectivity index (χ0n) is 12.8. The molecule has 0 atom stereocenters. The number of benzene rings is 2. The van der Waals surface area contributed by atoms with Crippen molar-refractivity contribution in [3.63, 3.8) is 0 Å². The Morgan fingerprint density at radius 1 is 1.00 bits per heavy atom. The lowest BCUT2D eigenvalue weighted by molar-refractivity contribution is 0.0728. The summed E-state index contributed by atoms with van der Waals surface area (Å²) in [4.78, 5) is 12.3. The van der Waals surface area contributed by atoms with Gasteiger partial charge in [0.25, 0.3) is 0 Å². The SMILES string of the molecule is Cc1ccc(OC(=O)c2ccccc2OC(C)C)cc1C. The van der Waals surface area contributed by atoms with E-state index in [0.29, 0.717) is 17.1 Å². The van der Waals surface area contributed by atoms with E-state index in [0.717, 1.165) is 5.56 Å². The first kappa shape index (κ1) is 15.1. The number of carbonyl (C=O) groups excluding carboxylic acids is 1. The van der Waals surface area contributed by atoms with Gasteiger partial charge in [-0.3, -0.25) is 0 Å². The molecule has 21 heavy (non-hydrogen) atoms. The van der Waals surface area contributed by atoms with Crippen LogP contribution in [0.3, 0.4) is 0 Å². The van der Waals surface area contributed by atoms with Gasteiger partial charge in [-0.1, -0.05) is 18.2 Å². The lowest BCUT2D eigenvalue weighted by Gasteiger charge is -2.13. The molecule has 0 fully saturated rings. The second kappa shape index (κ2) is 6.44. The predicted molar refractivity (Wildman–Crippen MR) is 83.1 cm³/mol. The standard InChI is InChI=1S/C18H20O3/c1-12(2)20-17-8-6-5-7-16(17)18(19)21-15-10-9-13(3)14(4)11-15/h5-12H,1-4H3. The highest BCUT2D eigenvalue weighted by Crippen LogP contribution is 2.23. The fraction of sp³-hybridized carbons (Fsp3) is 0.278. The minimum Gasteiger partial charge on any atom is -0.490 e. The van der Waals surface area contributed by atoms with Crippen LogP contribution in [0.15, 0.2) is 42.5 Å². The van der Waals surface area contributed by atoms with Crippen LogP contribution in [0.5, 0.6) is 11.5 Å². The molecule has 0 N–H and O–H groups in total. The molecular formula is C18H20O3. The zero-order valence-corrected chi connectivity index (χ0v) is 12.8. The van der Waals surface area contributed by atoms with E-state index in [4.69, 9.17) is 9.47 Å². The summed E-state index contributed by atoms with van der Waals surface area (Å²) in [6.45, 7) is 7.85. The van der Waals surface area contributed by atoms with E-state index < -0.39 is 5.97 Å². The van der Waals surface area contributed by atoms with E-state index >= 15 is 0 Å². The van der Waals surface area contributed by atoms with Crippen LogP contribution in [0.25, 0.3) is 0 Å². The summed E-state index contributed by atoms with van der Waals surface area (Å²) >= 11 is 0. The van der Waals surface area contributed by atoms with Crippen molar-refractivity contribution in [1.82, 2.24) is 0 Å². The monoisotopic (exact) mass is 284 g/mol. The molecular weight excluding hydrogens is 264 g/mol. The summed E-state index contributed by atoms with van der Waals surface area (Å²) in [6.07, 6.45) is 0.000527. The van der Waals surface area contributed by atoms with Crippen molar-refractivity contribution in [3.8, 4) is 11.5 Å². The van der Waals surface area contributed by atoms with Gasteiger partial charge in [-0.15, -0.1) is 0 Å². The highest BCUT2D eigenvalue weighted by atomic mass is 16.5. The smallest absolute Gasteiger partial charge is 0.347 e. The average molecular weight is 284 g/mol. The van der Waals surface area contributed by atoms with Gasteiger partial charge in [0.15, 0.2) is 0 Å². The lowest BCUT2D eigenvalue weighted by atomic mass is 10.1. The van der Waals surface area contributed by atoms with Crippen LogP contribution < -0.4 is 9.47 Å². The largest absolute Gasteiger partial charge is 0.490 e. The fourth-order valence-corrected chi connectivity index (χ4v) is 1.93. The maximum absolute atomic E-state index is 12.3. The van der Waals surface area contributed by atoms with E-state index in [2.05, 4.69) is 0 Å². The van der Waals surface area contributed by atoms with Gasteiger partial charge < -0.3 is 9.47 Å². The van der Waals surface area contributed by atoms with Crippen molar-refractivity contribution in [2.45, 2.75) is 33.8 Å². The Morgan fingerprint density at radius 3 is 2.38 bits per heavy atom. The molecule has 2 aromatic carbocycles. The second-order valence-corrected chi connectivity index (χ2v) is 5.30. The topological polar surface area (TPSA) is 35.5 Å². The predicted octanol–water partition coefficient (Wildman–Crippen LogP) is 4.31. The number of rotatable bonds is 4. The number of hydrogen-bond acceptors (Lipinski definition) is 3. The third kappa shape index (κ3) is 3.85. The summed E-state index contributed by atoms with van der Waals surface area (Å²) in [5, 5.41) is 0. The minimum atomic E-state index is -0.408. The van der Waals surface area contributed by atoms with Crippen molar-refractivity contribution in [1.29, 1.82) is 0 Å². The number of hydrogen-bond donors (Lipinski definition) is 0. The summed E-state index contributed by atoms with van der Waals surface area (Å²) in [5.41, 5.74) is 2.69. The average Bonchev–Trinajstić information content (AvgIpc) is 2.43. The van der Waals surface area contributed by atoms with Crippen LogP contribution in [-0.2, 0) is 0 Å². The van der Waals surface area contributed by atoms with Gasteiger partial charge in [-0.2, -0.15) is 0 Å². The van der Waals surface area contributed by atoms with Gasteiger partial charge in [0.1, 0.15) is 17.1 Å². The van der Waals surface area contributed by atoms with E-state index in [-0.39, 0.29) is 6.10 Å². The quantitative estimate of drug-likeness (QED) is 0.620. The first-order chi connectivity index (χ1) is 9.97. The maximum atomic E-state index is 12.3. The molecule has 110 valence electrons. The number of carbonyl (C=O) groups is 1. The maximum Gasteiger partial charge on any atom is 0.347 e. The molecule has 0 unspecified atom stereocenters. The molecule has 0 amide bonds. The molecule has 0 saturated heterocycles. The number of esters is 1. The van der Waals surface area contributed by atoms with Crippen LogP contribution in [-0.4, -0.2) is 12.1 Å². The zero-order chi connectivity index (χ0) is 15.4. The summed E-state index contributed by atoms with van der Waals surface area (Å²) in [6, 6.07) is 12.7. The molecule has 2 aromatic rings. The van der Waals surface area contributed by atoms with Crippen molar-refractivity contribution in [2.24, 2.45) is 0 Å². The molecule has 0 aromatic heterocycles. The summed E-state index contributed by atoms with van der Waals surface area (Å²) < 4.78 is 11.1. The van der Waals surface area contributed by atoms with E-state index in [1.807, 2.05) is 45.9 Å². The first-order valence-electron chi connectivity index (χ1n) is 7.02. The van der Waals surface area contributed by atoms with Gasteiger partial charge in [0, 0.05) is 0 Å². The second-order valence-electron chi connectivity index (χ2n) is 5.30. The molecule has 0 spiro atoms. The Bertz CT molecular complexity index is 645. The van der Waals surface area contributed by atoms with Gasteiger partial charge >= 0.3 is 5.97 Å². The van der Waals surface area contributed by atoms with Crippen LogP contribution in [0, 0.1) is 13.8 Å². The molecule has 0 saturated carbocycles.